The molecule has 0 spiro atoms. The third kappa shape index (κ3) is 39.0. The van der Waals surface area contributed by atoms with E-state index >= 15 is 0 Å². The van der Waals surface area contributed by atoms with Crippen molar-refractivity contribution >= 4 is 11.6 Å². The smallest absolute Gasteiger partial charge is 0.160 e. The van der Waals surface area contributed by atoms with E-state index in [9.17, 15) is 9.59 Å². The molecule has 3 heteroatoms. The molecule has 1 aliphatic carbocycles. The molecule has 0 unspecified atom stereocenters. The van der Waals surface area contributed by atoms with Crippen LogP contribution < -0.4 is 5.32 Å². The Balaban J connectivity index is 1.85. The van der Waals surface area contributed by atoms with Gasteiger partial charge in [0.2, 0.25) is 0 Å². The van der Waals surface area contributed by atoms with E-state index in [0.29, 0.717) is 12.8 Å². The number of rotatable bonds is 54. The van der Waals surface area contributed by atoms with Crippen molar-refractivity contribution in [1.29, 1.82) is 0 Å². The number of hydrogen-bond acceptors (Lipinski definition) is 3. The second-order valence-corrected chi connectivity index (χ2v) is 21.3. The van der Waals surface area contributed by atoms with Crippen LogP contribution in [0.15, 0.2) is 0 Å². The van der Waals surface area contributed by atoms with Gasteiger partial charge in [-0.15, -0.1) is 0 Å². The highest BCUT2D eigenvalue weighted by Crippen LogP contribution is 2.29. The minimum Gasteiger partial charge on any atom is -0.299 e. The SMILES string of the molecule is CCCCCCCCCCCCCCCCCCCCCCCCCCCCNC1(CCCCCCCCCCCCCCCCCCCCCCCCCCC)C(=O)CCC1=O. The predicted octanol–water partition coefficient (Wildman–Crippen LogP) is 20.6. The fourth-order valence-corrected chi connectivity index (χ4v) is 10.6. The second kappa shape index (κ2) is 49.2. The van der Waals surface area contributed by atoms with Gasteiger partial charge in [0.25, 0.3) is 0 Å². The molecule has 1 rings (SSSR count). The van der Waals surface area contributed by atoms with E-state index < -0.39 is 5.54 Å². The maximum atomic E-state index is 13.0. The van der Waals surface area contributed by atoms with Crippen molar-refractivity contribution in [3.8, 4) is 0 Å². The lowest BCUT2D eigenvalue weighted by atomic mass is 9.88. The summed E-state index contributed by atoms with van der Waals surface area (Å²) in [7, 11) is 0. The van der Waals surface area contributed by atoms with Gasteiger partial charge in [-0.1, -0.05) is 335 Å². The first-order valence-corrected chi connectivity index (χ1v) is 30.0. The van der Waals surface area contributed by atoms with Crippen LogP contribution in [-0.4, -0.2) is 23.7 Å². The van der Waals surface area contributed by atoms with Crippen LogP contribution in [0.1, 0.15) is 361 Å². The topological polar surface area (TPSA) is 46.2 Å². The first kappa shape index (κ1) is 60.3. The van der Waals surface area contributed by atoms with Crippen molar-refractivity contribution in [3.05, 3.63) is 0 Å². The molecule has 0 aromatic rings. The van der Waals surface area contributed by atoms with Gasteiger partial charge < -0.3 is 0 Å². The zero-order valence-electron chi connectivity index (χ0n) is 43.7. The number of nitrogens with one attached hydrogen (secondary N) is 1. The quantitative estimate of drug-likeness (QED) is 0.0489. The Labute approximate surface area is 397 Å². The maximum absolute atomic E-state index is 13.0. The van der Waals surface area contributed by atoms with Crippen molar-refractivity contribution < 1.29 is 9.59 Å². The highest BCUT2D eigenvalue weighted by molar-refractivity contribution is 6.17. The summed E-state index contributed by atoms with van der Waals surface area (Å²) in [5, 5.41) is 3.53. The molecule has 0 bridgehead atoms. The molecule has 0 atom stereocenters. The fourth-order valence-electron chi connectivity index (χ4n) is 10.6. The Morgan fingerprint density at radius 3 is 0.651 bits per heavy atom. The van der Waals surface area contributed by atoms with Crippen molar-refractivity contribution in [3.63, 3.8) is 0 Å². The molecule has 1 saturated carbocycles. The lowest BCUT2D eigenvalue weighted by Crippen LogP contribution is -2.54. The Hall–Kier alpha value is -0.700. The summed E-state index contributed by atoms with van der Waals surface area (Å²) in [6, 6.07) is 0. The number of Topliss-reactive ketones (excluding diaryl/α,β-unsaturated/α-hetero) is 2. The fraction of sp³-hybridized carbons (Fsp3) is 0.967. The van der Waals surface area contributed by atoms with E-state index in [2.05, 4.69) is 19.2 Å². The Kier molecular flexibility index (Phi) is 47.1. The highest BCUT2D eigenvalue weighted by atomic mass is 16.2. The monoisotopic (exact) mass is 884 g/mol. The maximum Gasteiger partial charge on any atom is 0.160 e. The van der Waals surface area contributed by atoms with Gasteiger partial charge in [-0.05, 0) is 19.4 Å². The minimum absolute atomic E-state index is 0.173. The number of carbonyl (C=O) groups excluding carboxylic acids is 2. The van der Waals surface area contributed by atoms with E-state index in [4.69, 9.17) is 0 Å². The lowest BCUT2D eigenvalue weighted by molar-refractivity contribution is -0.131. The zero-order valence-corrected chi connectivity index (χ0v) is 43.7. The summed E-state index contributed by atoms with van der Waals surface area (Å²) < 4.78 is 0. The molecule has 63 heavy (non-hydrogen) atoms. The van der Waals surface area contributed by atoms with Gasteiger partial charge >= 0.3 is 0 Å². The second-order valence-electron chi connectivity index (χ2n) is 21.3. The summed E-state index contributed by atoms with van der Waals surface area (Å²) in [5.41, 5.74) is -0.848. The van der Waals surface area contributed by atoms with Crippen molar-refractivity contribution in [2.75, 3.05) is 6.54 Å². The van der Waals surface area contributed by atoms with Gasteiger partial charge in [0.15, 0.2) is 11.6 Å². The van der Waals surface area contributed by atoms with Gasteiger partial charge in [0, 0.05) is 12.8 Å². The number of ketones is 2. The van der Waals surface area contributed by atoms with Gasteiger partial charge in [0.05, 0.1) is 0 Å². The summed E-state index contributed by atoms with van der Waals surface area (Å²) in [6.07, 6.45) is 73.2. The standard InChI is InChI=1S/C60H117NO2/c1-3-5-7-9-11-13-15-17-19-21-23-25-27-29-31-33-35-37-39-41-43-45-47-49-51-53-57-61-60(58(62)54-55-59(60)63)56-52-50-48-46-44-42-40-38-36-34-32-30-28-26-24-22-20-18-16-14-12-10-8-6-4-2/h61H,3-57H2,1-2H3. The zero-order chi connectivity index (χ0) is 45.3. The van der Waals surface area contributed by atoms with Crippen molar-refractivity contribution in [1.82, 2.24) is 5.32 Å². The first-order valence-electron chi connectivity index (χ1n) is 30.0. The van der Waals surface area contributed by atoms with Crippen LogP contribution in [0.3, 0.4) is 0 Å². The molecule has 0 heterocycles. The van der Waals surface area contributed by atoms with Gasteiger partial charge in [0.1, 0.15) is 5.54 Å². The van der Waals surface area contributed by atoms with Gasteiger partial charge in [-0.25, -0.2) is 0 Å². The highest BCUT2D eigenvalue weighted by Gasteiger charge is 2.48. The molecule has 3 nitrogen and oxygen atoms in total. The third-order valence-corrected chi connectivity index (χ3v) is 15.1. The molecular formula is C60H117NO2. The number of hydrogen-bond donors (Lipinski definition) is 1. The molecule has 0 saturated heterocycles. The minimum atomic E-state index is -0.848. The van der Waals surface area contributed by atoms with E-state index in [-0.39, 0.29) is 11.6 Å². The third-order valence-electron chi connectivity index (χ3n) is 15.1. The molecule has 0 radical (unpaired) electrons. The average molecular weight is 885 g/mol. The van der Waals surface area contributed by atoms with E-state index in [1.807, 2.05) is 0 Å². The largest absolute Gasteiger partial charge is 0.299 e. The lowest BCUT2D eigenvalue weighted by Gasteiger charge is -2.27. The number of carbonyl (C=O) groups is 2. The average Bonchev–Trinajstić information content (AvgIpc) is 3.57. The molecule has 1 aliphatic rings. The molecule has 1 N–H and O–H groups in total. The first-order chi connectivity index (χ1) is 31.2. The molecule has 0 aliphatic heterocycles. The van der Waals surface area contributed by atoms with E-state index in [1.165, 1.54) is 308 Å². The number of unbranched alkanes of at least 4 members (excludes halogenated alkanes) is 49. The molecule has 0 aromatic carbocycles. The summed E-state index contributed by atoms with van der Waals surface area (Å²) >= 11 is 0. The summed E-state index contributed by atoms with van der Waals surface area (Å²) in [6.45, 7) is 5.42. The van der Waals surface area contributed by atoms with Crippen LogP contribution in [0, 0.1) is 0 Å². The van der Waals surface area contributed by atoms with Crippen LogP contribution in [0.5, 0.6) is 0 Å². The van der Waals surface area contributed by atoms with Crippen LogP contribution >= 0.6 is 0 Å². The van der Waals surface area contributed by atoms with Crippen LogP contribution in [0.4, 0.5) is 0 Å². The molecule has 1 fully saturated rings. The Morgan fingerprint density at radius 1 is 0.270 bits per heavy atom. The summed E-state index contributed by atoms with van der Waals surface area (Å²) in [4.78, 5) is 25.9. The van der Waals surface area contributed by atoms with E-state index in [1.54, 1.807) is 0 Å². The Morgan fingerprint density at radius 2 is 0.444 bits per heavy atom. The normalized spacial score (nSPS) is 13.9. The van der Waals surface area contributed by atoms with Gasteiger partial charge in [-0.2, -0.15) is 0 Å². The molecule has 0 aromatic heterocycles. The summed E-state index contributed by atoms with van der Waals surface area (Å²) in [5.74, 6) is 0.346. The van der Waals surface area contributed by atoms with Crippen LogP contribution in [0.2, 0.25) is 0 Å². The Bertz CT molecular complexity index is 913. The van der Waals surface area contributed by atoms with Gasteiger partial charge in [-0.3, -0.25) is 14.9 Å². The molecular weight excluding hydrogens is 767 g/mol. The van der Waals surface area contributed by atoms with Crippen LogP contribution in [0.25, 0.3) is 0 Å². The molecule has 374 valence electrons. The van der Waals surface area contributed by atoms with Crippen molar-refractivity contribution in [2.45, 2.75) is 366 Å². The predicted molar refractivity (Wildman–Crippen MR) is 281 cm³/mol. The molecule has 0 amide bonds. The van der Waals surface area contributed by atoms with Crippen molar-refractivity contribution in [2.24, 2.45) is 0 Å². The van der Waals surface area contributed by atoms with Crippen LogP contribution in [-0.2, 0) is 9.59 Å². The van der Waals surface area contributed by atoms with E-state index in [0.717, 1.165) is 32.2 Å².